The van der Waals surface area contributed by atoms with Gasteiger partial charge < -0.3 is 5.73 Å². The Morgan fingerprint density at radius 1 is 1.22 bits per heavy atom. The van der Waals surface area contributed by atoms with Gasteiger partial charge in [0.05, 0.1) is 0 Å². The third-order valence-corrected chi connectivity index (χ3v) is 3.38. The normalized spacial score (nSPS) is 10.3. The molecule has 1 aromatic heterocycles. The van der Waals surface area contributed by atoms with Crippen LogP contribution in [0.1, 0.15) is 15.9 Å². The van der Waals surface area contributed by atoms with Crippen LogP contribution < -0.4 is 5.73 Å². The molecule has 0 aliphatic heterocycles. The number of carbonyl (C=O) groups is 1. The van der Waals surface area contributed by atoms with E-state index in [1.807, 2.05) is 30.5 Å². The number of hydrogen-bond donors (Lipinski definition) is 1. The van der Waals surface area contributed by atoms with E-state index in [1.54, 1.807) is 23.9 Å². The van der Waals surface area contributed by atoms with E-state index in [9.17, 15) is 4.79 Å². The molecule has 4 heteroatoms. The number of benzene rings is 1. The van der Waals surface area contributed by atoms with Gasteiger partial charge >= 0.3 is 0 Å². The van der Waals surface area contributed by atoms with Crippen LogP contribution in [0.4, 0.5) is 5.82 Å². The molecule has 0 spiro atoms. The van der Waals surface area contributed by atoms with Gasteiger partial charge in [0.1, 0.15) is 5.82 Å². The average molecular weight is 258 g/mol. The van der Waals surface area contributed by atoms with E-state index >= 15 is 0 Å². The number of nitrogens with zero attached hydrogens (tertiary/aromatic N) is 1. The molecule has 0 saturated carbocycles. The van der Waals surface area contributed by atoms with Crippen LogP contribution in [0.2, 0.25) is 0 Å². The Balaban J connectivity index is 2.08. The maximum atomic E-state index is 12.0. The van der Waals surface area contributed by atoms with Crippen LogP contribution in [0, 0.1) is 0 Å². The van der Waals surface area contributed by atoms with E-state index in [2.05, 4.69) is 4.98 Å². The highest BCUT2D eigenvalue weighted by atomic mass is 32.2. The minimum absolute atomic E-state index is 0.0550. The smallest absolute Gasteiger partial charge is 0.168 e. The minimum Gasteiger partial charge on any atom is -0.384 e. The fourth-order valence-electron chi connectivity index (χ4n) is 1.60. The molecule has 0 bridgehead atoms. The zero-order valence-corrected chi connectivity index (χ0v) is 10.9. The molecule has 0 unspecified atom stereocenters. The number of carbonyl (C=O) groups excluding carboxylic acids is 1. The van der Waals surface area contributed by atoms with Crippen LogP contribution >= 0.6 is 11.8 Å². The molecular weight excluding hydrogens is 244 g/mol. The van der Waals surface area contributed by atoms with Crippen molar-refractivity contribution in [2.45, 2.75) is 11.3 Å². The standard InChI is InChI=1S/C14H14N2OS/c1-18-12-5-2-10(3-6-12)8-13(17)11-4-7-14(15)16-9-11/h2-7,9H,8H2,1H3,(H2,15,16). The topological polar surface area (TPSA) is 56.0 Å². The quantitative estimate of drug-likeness (QED) is 0.676. The van der Waals surface area contributed by atoms with E-state index in [-0.39, 0.29) is 5.78 Å². The molecule has 2 aromatic rings. The summed E-state index contributed by atoms with van der Waals surface area (Å²) in [4.78, 5) is 17.1. The Labute approximate surface area is 110 Å². The number of pyridine rings is 1. The lowest BCUT2D eigenvalue weighted by atomic mass is 10.0. The first-order chi connectivity index (χ1) is 8.69. The highest BCUT2D eigenvalue weighted by Gasteiger charge is 2.07. The van der Waals surface area contributed by atoms with Gasteiger partial charge in [-0.15, -0.1) is 11.8 Å². The van der Waals surface area contributed by atoms with Crippen molar-refractivity contribution in [3.63, 3.8) is 0 Å². The number of aromatic nitrogens is 1. The van der Waals surface area contributed by atoms with Crippen LogP contribution in [0.15, 0.2) is 47.5 Å². The molecular formula is C14H14N2OS. The van der Waals surface area contributed by atoms with Gasteiger partial charge in [-0.2, -0.15) is 0 Å². The van der Waals surface area contributed by atoms with E-state index in [4.69, 9.17) is 5.73 Å². The Hall–Kier alpha value is -1.81. The monoisotopic (exact) mass is 258 g/mol. The van der Waals surface area contributed by atoms with Crippen LogP contribution in [0.25, 0.3) is 0 Å². The van der Waals surface area contributed by atoms with Gasteiger partial charge in [0.15, 0.2) is 5.78 Å². The summed E-state index contributed by atoms with van der Waals surface area (Å²) >= 11 is 1.69. The van der Waals surface area contributed by atoms with Crippen LogP contribution in [-0.4, -0.2) is 17.0 Å². The van der Waals surface area contributed by atoms with Gasteiger partial charge in [0.25, 0.3) is 0 Å². The van der Waals surface area contributed by atoms with Crippen molar-refractivity contribution in [3.05, 3.63) is 53.7 Å². The molecule has 0 saturated heterocycles. The van der Waals surface area contributed by atoms with E-state index in [1.165, 1.54) is 11.1 Å². The molecule has 0 aliphatic carbocycles. The summed E-state index contributed by atoms with van der Waals surface area (Å²) in [6.45, 7) is 0. The van der Waals surface area contributed by atoms with Crippen LogP contribution in [0.5, 0.6) is 0 Å². The maximum absolute atomic E-state index is 12.0. The Morgan fingerprint density at radius 3 is 2.50 bits per heavy atom. The van der Waals surface area contributed by atoms with Gasteiger partial charge in [-0.3, -0.25) is 4.79 Å². The molecule has 0 aliphatic rings. The second-order valence-corrected chi connectivity index (χ2v) is 4.80. The summed E-state index contributed by atoms with van der Waals surface area (Å²) in [5.41, 5.74) is 7.09. The summed E-state index contributed by atoms with van der Waals surface area (Å²) in [5.74, 6) is 0.482. The third kappa shape index (κ3) is 3.11. The zero-order valence-electron chi connectivity index (χ0n) is 10.1. The third-order valence-electron chi connectivity index (χ3n) is 2.63. The highest BCUT2D eigenvalue weighted by molar-refractivity contribution is 7.98. The number of ketones is 1. The van der Waals surface area contributed by atoms with E-state index < -0.39 is 0 Å². The van der Waals surface area contributed by atoms with E-state index in [0.29, 0.717) is 17.8 Å². The van der Waals surface area contributed by atoms with Crippen molar-refractivity contribution in [3.8, 4) is 0 Å². The summed E-state index contributed by atoms with van der Waals surface area (Å²) in [6, 6.07) is 11.4. The number of hydrogen-bond acceptors (Lipinski definition) is 4. The lowest BCUT2D eigenvalue weighted by Crippen LogP contribution is -2.04. The summed E-state index contributed by atoms with van der Waals surface area (Å²) < 4.78 is 0. The second kappa shape index (κ2) is 5.69. The first-order valence-corrected chi connectivity index (χ1v) is 6.79. The summed E-state index contributed by atoms with van der Waals surface area (Å²) in [6.07, 6.45) is 3.94. The SMILES string of the molecule is CSc1ccc(CC(=O)c2ccc(N)nc2)cc1. The minimum atomic E-state index is 0.0550. The average Bonchev–Trinajstić information content (AvgIpc) is 2.40. The second-order valence-electron chi connectivity index (χ2n) is 3.92. The molecule has 0 atom stereocenters. The predicted molar refractivity (Wildman–Crippen MR) is 74.9 cm³/mol. The van der Waals surface area contributed by atoms with Crippen molar-refractivity contribution in [1.29, 1.82) is 0 Å². The highest BCUT2D eigenvalue weighted by Crippen LogP contribution is 2.16. The van der Waals surface area contributed by atoms with Gasteiger partial charge in [0.2, 0.25) is 0 Å². The molecule has 2 rings (SSSR count). The van der Waals surface area contributed by atoms with Gasteiger partial charge in [-0.1, -0.05) is 12.1 Å². The van der Waals surface area contributed by atoms with Gasteiger partial charge in [-0.25, -0.2) is 4.98 Å². The van der Waals surface area contributed by atoms with E-state index in [0.717, 1.165) is 5.56 Å². The molecule has 92 valence electrons. The molecule has 0 radical (unpaired) electrons. The summed E-state index contributed by atoms with van der Waals surface area (Å²) in [7, 11) is 0. The number of thioether (sulfide) groups is 1. The number of Topliss-reactive ketones (excluding diaryl/α,β-unsaturated/α-hetero) is 1. The molecule has 2 N–H and O–H groups in total. The van der Waals surface area contributed by atoms with Crippen molar-refractivity contribution in [2.75, 3.05) is 12.0 Å². The number of rotatable bonds is 4. The Morgan fingerprint density at radius 2 is 1.94 bits per heavy atom. The first kappa shape index (κ1) is 12.6. The Bertz CT molecular complexity index is 535. The van der Waals surface area contributed by atoms with Crippen molar-refractivity contribution < 1.29 is 4.79 Å². The van der Waals surface area contributed by atoms with Crippen LogP contribution in [-0.2, 0) is 6.42 Å². The number of nitrogen functional groups attached to an aromatic ring is 1. The molecule has 1 heterocycles. The molecule has 3 nitrogen and oxygen atoms in total. The Kier molecular flexibility index (Phi) is 3.99. The zero-order chi connectivity index (χ0) is 13.0. The lowest BCUT2D eigenvalue weighted by molar-refractivity contribution is 0.0992. The number of anilines is 1. The molecule has 1 aromatic carbocycles. The summed E-state index contributed by atoms with van der Waals surface area (Å²) in [5, 5.41) is 0. The maximum Gasteiger partial charge on any atom is 0.168 e. The molecule has 0 fully saturated rings. The fourth-order valence-corrected chi connectivity index (χ4v) is 2.01. The van der Waals surface area contributed by atoms with Crippen molar-refractivity contribution in [2.24, 2.45) is 0 Å². The predicted octanol–water partition coefficient (Wildman–Crippen LogP) is 2.81. The fraction of sp³-hybridized carbons (Fsp3) is 0.143. The molecule has 18 heavy (non-hydrogen) atoms. The van der Waals surface area contributed by atoms with Crippen molar-refractivity contribution in [1.82, 2.24) is 4.98 Å². The van der Waals surface area contributed by atoms with Gasteiger partial charge in [-0.05, 0) is 36.1 Å². The number of nitrogens with two attached hydrogens (primary N) is 1. The lowest BCUT2D eigenvalue weighted by Gasteiger charge is -2.03. The first-order valence-electron chi connectivity index (χ1n) is 5.56. The molecule has 0 amide bonds. The van der Waals surface area contributed by atoms with Crippen LogP contribution in [0.3, 0.4) is 0 Å². The van der Waals surface area contributed by atoms with Crippen molar-refractivity contribution >= 4 is 23.4 Å². The largest absolute Gasteiger partial charge is 0.384 e. The van der Waals surface area contributed by atoms with Gasteiger partial charge in [0, 0.05) is 23.1 Å².